The zero-order chi connectivity index (χ0) is 20.6. The number of amides is 1. The van der Waals surface area contributed by atoms with E-state index < -0.39 is 41.2 Å². The minimum atomic E-state index is -2.95. The Morgan fingerprint density at radius 3 is 2.62 bits per heavy atom. The highest BCUT2D eigenvalue weighted by Crippen LogP contribution is 2.17. The van der Waals surface area contributed by atoms with Crippen LogP contribution in [0.4, 0.5) is 4.39 Å². The van der Waals surface area contributed by atoms with Crippen molar-refractivity contribution < 1.29 is 18.4 Å². The summed E-state index contributed by atoms with van der Waals surface area (Å²) in [6.45, 7) is -0.150. The summed E-state index contributed by atoms with van der Waals surface area (Å²) in [5.41, 5.74) is 3.14. The maximum Gasteiger partial charge on any atom is 0.296 e. The molecule has 4 N–H and O–H groups in total. The molecule has 0 fully saturated rings. The van der Waals surface area contributed by atoms with Crippen LogP contribution in [0.5, 0.6) is 5.75 Å². The molecule has 0 saturated carbocycles. The van der Waals surface area contributed by atoms with Crippen molar-refractivity contribution in [1.82, 2.24) is 14.9 Å². The number of hydrogen-bond donors (Lipinski definition) is 3. The number of carbonyl (C=O) groups excluding carboxylic acids is 1. The first-order valence-corrected chi connectivity index (χ1v) is 7.01. The molecule has 0 unspecified atom stereocenters. The van der Waals surface area contributed by atoms with Gasteiger partial charge in [-0.2, -0.15) is 0 Å². The Hall–Kier alpha value is -2.74. The van der Waals surface area contributed by atoms with Crippen LogP contribution < -0.4 is 16.6 Å². The van der Waals surface area contributed by atoms with E-state index in [1.54, 1.807) is 0 Å². The van der Waals surface area contributed by atoms with Crippen LogP contribution >= 0.6 is 0 Å². The first-order chi connectivity index (χ1) is 12.3. The van der Waals surface area contributed by atoms with Crippen LogP contribution in [0.3, 0.4) is 0 Å². The summed E-state index contributed by atoms with van der Waals surface area (Å²) in [5.74, 6) is -2.82. The normalized spacial score (nSPS) is 13.8. The lowest BCUT2D eigenvalue weighted by Crippen LogP contribution is -2.39. The zero-order valence-corrected chi connectivity index (χ0v) is 13.1. The second-order valence-electron chi connectivity index (χ2n) is 5.80. The quantitative estimate of drug-likeness (QED) is 0.762. The Morgan fingerprint density at radius 1 is 1.46 bits per heavy atom. The number of nitrogens with two attached hydrogens (primary N) is 1. The average molecular weight is 337 g/mol. The Morgan fingerprint density at radius 2 is 2.08 bits per heavy atom. The number of benzene rings is 1. The van der Waals surface area contributed by atoms with Crippen molar-refractivity contribution in [3.8, 4) is 5.75 Å². The molecular formula is C16H19FN4O3. The van der Waals surface area contributed by atoms with E-state index in [-0.39, 0.29) is 12.4 Å². The van der Waals surface area contributed by atoms with Crippen molar-refractivity contribution in [3.05, 3.63) is 57.5 Å². The maximum absolute atomic E-state index is 12.9. The van der Waals surface area contributed by atoms with Crippen molar-refractivity contribution in [1.29, 1.82) is 0 Å². The number of nitrogens with zero attached hydrogens (tertiary/aromatic N) is 2. The second-order valence-corrected chi connectivity index (χ2v) is 5.80. The molecule has 0 radical (unpaired) electrons. The van der Waals surface area contributed by atoms with Gasteiger partial charge in [0.2, 0.25) is 5.75 Å². The third-order valence-corrected chi connectivity index (χ3v) is 3.22. The van der Waals surface area contributed by atoms with Crippen molar-refractivity contribution in [2.75, 3.05) is 0 Å². The Bertz CT molecular complexity index is 919. The summed E-state index contributed by atoms with van der Waals surface area (Å²) in [5, 5.41) is 12.5. The molecule has 0 bridgehead atoms. The van der Waals surface area contributed by atoms with Crippen LogP contribution in [0.25, 0.3) is 0 Å². The number of aromatic nitrogens is 2. The van der Waals surface area contributed by atoms with Gasteiger partial charge < -0.3 is 16.2 Å². The van der Waals surface area contributed by atoms with Gasteiger partial charge in [-0.3, -0.25) is 14.2 Å². The van der Waals surface area contributed by atoms with Crippen molar-refractivity contribution in [2.24, 2.45) is 12.7 Å². The highest BCUT2D eigenvalue weighted by atomic mass is 19.1. The van der Waals surface area contributed by atoms with Gasteiger partial charge in [0.15, 0.2) is 5.69 Å². The molecule has 1 aromatic carbocycles. The zero-order valence-electron chi connectivity index (χ0n) is 16.1. The number of nitrogens with one attached hydrogen (secondary N) is 1. The van der Waals surface area contributed by atoms with E-state index in [1.165, 1.54) is 38.1 Å². The standard InChI is InChI=1S/C16H19FN4O3/c1-16(2,18)15-20-11(12(22)14(24)21(15)3)13(23)19-8-9-4-6-10(17)7-5-9/h4-7,22H,8,18H2,1-3H3,(H,19,23)/i3D3. The Balaban J connectivity index is 2.44. The molecule has 2 aromatic rings. The van der Waals surface area contributed by atoms with Gasteiger partial charge in [0.05, 0.1) is 5.54 Å². The molecule has 0 spiro atoms. The van der Waals surface area contributed by atoms with Gasteiger partial charge in [0.1, 0.15) is 11.6 Å². The highest BCUT2D eigenvalue weighted by Gasteiger charge is 2.26. The molecule has 24 heavy (non-hydrogen) atoms. The first-order valence-electron chi connectivity index (χ1n) is 8.51. The van der Waals surface area contributed by atoms with Crippen LogP contribution in [0.1, 0.15) is 39.8 Å². The average Bonchev–Trinajstić information content (AvgIpc) is 2.54. The molecule has 1 aromatic heterocycles. The molecule has 0 aliphatic heterocycles. The lowest BCUT2D eigenvalue weighted by atomic mass is 10.1. The third kappa shape index (κ3) is 3.60. The minimum Gasteiger partial charge on any atom is -0.501 e. The fourth-order valence-corrected chi connectivity index (χ4v) is 1.97. The van der Waals surface area contributed by atoms with Gasteiger partial charge >= 0.3 is 0 Å². The van der Waals surface area contributed by atoms with Crippen LogP contribution in [0.2, 0.25) is 0 Å². The van der Waals surface area contributed by atoms with Crippen molar-refractivity contribution in [2.45, 2.75) is 25.9 Å². The van der Waals surface area contributed by atoms with Gasteiger partial charge in [0, 0.05) is 17.6 Å². The lowest BCUT2D eigenvalue weighted by molar-refractivity contribution is 0.0941. The first kappa shape index (κ1) is 13.7. The van der Waals surface area contributed by atoms with Crippen molar-refractivity contribution in [3.63, 3.8) is 0 Å². The summed E-state index contributed by atoms with van der Waals surface area (Å²) in [4.78, 5) is 28.6. The topological polar surface area (TPSA) is 110 Å². The summed E-state index contributed by atoms with van der Waals surface area (Å²) < 4.78 is 35.6. The summed E-state index contributed by atoms with van der Waals surface area (Å²) in [6.07, 6.45) is 0. The molecule has 1 heterocycles. The monoisotopic (exact) mass is 337 g/mol. The minimum absolute atomic E-state index is 0.0239. The van der Waals surface area contributed by atoms with Crippen LogP contribution in [0, 0.1) is 5.82 Å². The third-order valence-electron chi connectivity index (χ3n) is 3.22. The second kappa shape index (κ2) is 6.40. The van der Waals surface area contributed by atoms with E-state index in [0.717, 1.165) is 0 Å². The van der Waals surface area contributed by atoms with E-state index in [9.17, 15) is 19.1 Å². The number of rotatable bonds is 4. The van der Waals surface area contributed by atoms with E-state index >= 15 is 0 Å². The summed E-state index contributed by atoms with van der Waals surface area (Å²) in [7, 11) is 0. The smallest absolute Gasteiger partial charge is 0.296 e. The lowest BCUT2D eigenvalue weighted by Gasteiger charge is -2.21. The van der Waals surface area contributed by atoms with Crippen LogP contribution in [-0.4, -0.2) is 20.6 Å². The number of halogens is 1. The SMILES string of the molecule is [2H]C([2H])([2H])n1c(C(C)(C)N)nc(C(=O)NCc2ccc(F)cc2)c(O)c1=O. The molecule has 0 atom stereocenters. The van der Waals surface area contributed by atoms with Gasteiger partial charge in [0.25, 0.3) is 11.5 Å². The van der Waals surface area contributed by atoms with Gasteiger partial charge in [-0.05, 0) is 31.5 Å². The summed E-state index contributed by atoms with van der Waals surface area (Å²) in [6, 6.07) is 5.32. The number of carbonyl (C=O) groups is 1. The summed E-state index contributed by atoms with van der Waals surface area (Å²) >= 11 is 0. The maximum atomic E-state index is 12.9. The predicted molar refractivity (Wildman–Crippen MR) is 85.9 cm³/mol. The molecule has 0 aliphatic carbocycles. The van der Waals surface area contributed by atoms with E-state index in [4.69, 9.17) is 9.85 Å². The predicted octanol–water partition coefficient (Wildman–Crippen LogP) is 0.749. The van der Waals surface area contributed by atoms with E-state index in [1.807, 2.05) is 0 Å². The van der Waals surface area contributed by atoms with Crippen LogP contribution in [0.15, 0.2) is 29.1 Å². The van der Waals surface area contributed by atoms with Gasteiger partial charge in [-0.1, -0.05) is 12.1 Å². The Kier molecular flexibility index (Phi) is 3.65. The molecule has 1 amide bonds. The Labute approximate surface area is 142 Å². The molecule has 8 heteroatoms. The molecule has 128 valence electrons. The van der Waals surface area contributed by atoms with Gasteiger partial charge in [-0.15, -0.1) is 0 Å². The fourth-order valence-electron chi connectivity index (χ4n) is 1.97. The van der Waals surface area contributed by atoms with Crippen molar-refractivity contribution >= 4 is 5.91 Å². The van der Waals surface area contributed by atoms with Gasteiger partial charge in [-0.25, -0.2) is 9.37 Å². The molecule has 7 nitrogen and oxygen atoms in total. The number of hydrogen-bond acceptors (Lipinski definition) is 5. The number of aromatic hydroxyl groups is 1. The fraction of sp³-hybridized carbons (Fsp3) is 0.312. The van der Waals surface area contributed by atoms with E-state index in [2.05, 4.69) is 10.3 Å². The molecule has 0 aliphatic rings. The van der Waals surface area contributed by atoms with Crippen LogP contribution in [-0.2, 0) is 19.1 Å². The largest absolute Gasteiger partial charge is 0.501 e. The highest BCUT2D eigenvalue weighted by molar-refractivity contribution is 5.94. The molecular weight excluding hydrogens is 315 g/mol. The molecule has 2 rings (SSSR count). The van der Waals surface area contributed by atoms with E-state index in [0.29, 0.717) is 10.1 Å². The molecule has 0 saturated heterocycles.